The van der Waals surface area contributed by atoms with Crippen molar-refractivity contribution in [2.45, 2.75) is 63.5 Å². The van der Waals surface area contributed by atoms with Crippen LogP contribution in [-0.2, 0) is 29.4 Å². The van der Waals surface area contributed by atoms with Crippen LogP contribution in [0.25, 0.3) is 22.2 Å². The number of aromatic amines is 1. The summed E-state index contributed by atoms with van der Waals surface area (Å²) in [6.45, 7) is 4.58. The number of piperidine rings is 3. The van der Waals surface area contributed by atoms with Crippen molar-refractivity contribution < 1.29 is 46.3 Å². The minimum Gasteiger partial charge on any atom is -0.483 e. The molecule has 0 bridgehead atoms. The van der Waals surface area contributed by atoms with Crippen LogP contribution in [-0.4, -0.2) is 136 Å². The molecule has 1 unspecified atom stereocenters. The number of ketones is 1. The van der Waals surface area contributed by atoms with Gasteiger partial charge in [-0.05, 0) is 75.5 Å². The molecule has 3 aliphatic rings. The first-order chi connectivity index (χ1) is 32.2. The molecule has 3 amide bonds. The number of rotatable bonds is 14. The maximum atomic E-state index is 15.6. The van der Waals surface area contributed by atoms with E-state index in [4.69, 9.17) is 9.90 Å². The molecule has 3 saturated heterocycles. The zero-order valence-electron chi connectivity index (χ0n) is 36.7. The van der Waals surface area contributed by atoms with E-state index in [0.29, 0.717) is 55.2 Å². The van der Waals surface area contributed by atoms with E-state index >= 15 is 8.78 Å². The smallest absolute Gasteiger partial charge is 0.301 e. The highest BCUT2D eigenvalue weighted by atomic mass is 32.2. The molecular weight excluding hydrogens is 895 g/mol. The first-order valence-electron chi connectivity index (χ1n) is 21.6. The Morgan fingerprint density at radius 1 is 0.940 bits per heavy atom. The molecule has 20 nitrogen and oxygen atoms in total. The lowest BCUT2D eigenvalue weighted by Crippen LogP contribution is -2.48. The topological polar surface area (TPSA) is 265 Å². The highest BCUT2D eigenvalue weighted by Gasteiger charge is 2.30. The number of likely N-dealkylation sites (tertiary alicyclic amines) is 1. The number of hydrogen-bond acceptors (Lipinski definition) is 14. The predicted octanol–water partition coefficient (Wildman–Crippen LogP) is 3.42. The summed E-state index contributed by atoms with van der Waals surface area (Å²) in [6.07, 6.45) is 11.8. The van der Waals surface area contributed by atoms with Gasteiger partial charge in [-0.3, -0.25) is 43.9 Å². The molecule has 67 heavy (non-hydrogen) atoms. The zero-order valence-corrected chi connectivity index (χ0v) is 37.5. The Morgan fingerprint density at radius 3 is 2.30 bits per heavy atom. The molecule has 4 aromatic heterocycles. The van der Waals surface area contributed by atoms with Crippen molar-refractivity contribution in [3.8, 4) is 11.1 Å². The fraction of sp³-hybridized carbons (Fsp3) is 0.386. The van der Waals surface area contributed by atoms with Gasteiger partial charge in [-0.25, -0.2) is 23.7 Å². The fourth-order valence-corrected chi connectivity index (χ4v) is 9.13. The van der Waals surface area contributed by atoms with Crippen LogP contribution in [0.2, 0.25) is 0 Å². The second-order valence-corrected chi connectivity index (χ2v) is 18.1. The number of hydrogen-bond donors (Lipinski definition) is 6. The second kappa shape index (κ2) is 21.1. The van der Waals surface area contributed by atoms with Gasteiger partial charge in [0.15, 0.2) is 5.82 Å². The summed E-state index contributed by atoms with van der Waals surface area (Å²) in [6, 6.07) is 6.83. The number of halogens is 2. The number of fused-ring (bicyclic) bond motifs is 1. The third kappa shape index (κ3) is 11.4. The molecule has 3 fully saturated rings. The number of amides is 3. The van der Waals surface area contributed by atoms with Crippen LogP contribution in [0.3, 0.4) is 0 Å². The monoisotopic (exact) mass is 944 g/mol. The summed E-state index contributed by atoms with van der Waals surface area (Å²) in [5.74, 6) is -3.30. The zero-order chi connectivity index (χ0) is 47.8. The van der Waals surface area contributed by atoms with E-state index < -0.39 is 44.9 Å². The molecule has 3 aliphatic heterocycles. The lowest BCUT2D eigenvalue weighted by atomic mass is 9.93. The number of imide groups is 1. The van der Waals surface area contributed by atoms with Gasteiger partial charge in [-0.2, -0.15) is 12.7 Å². The number of H-pyrrole nitrogens is 1. The molecule has 1 atom stereocenters. The SMILES string of the molecule is CCN(C)S(=O)(=O)Nc1ccc(F)c(C(=O)c2c[nH]c3ncc(-c4cnc(N5CCC(NC(=O)CN6CCC(c7ccc(NC8CCC(=O)NC8=O)cn7)CC6)CC5)nc4)cc23)c1F.O=CO. The second-order valence-electron chi connectivity index (χ2n) is 16.3. The third-order valence-corrected chi connectivity index (χ3v) is 13.6. The molecule has 0 aliphatic carbocycles. The molecule has 8 rings (SSSR count). The van der Waals surface area contributed by atoms with Crippen LogP contribution in [0.1, 0.15) is 73.0 Å². The highest BCUT2D eigenvalue weighted by Crippen LogP contribution is 2.31. The summed E-state index contributed by atoms with van der Waals surface area (Å²) >= 11 is 0. The maximum absolute atomic E-state index is 15.6. The van der Waals surface area contributed by atoms with Crippen molar-refractivity contribution >= 4 is 68.5 Å². The Morgan fingerprint density at radius 2 is 1.64 bits per heavy atom. The quantitative estimate of drug-likeness (QED) is 0.0529. The molecule has 5 aromatic rings. The van der Waals surface area contributed by atoms with Gasteiger partial charge in [0, 0.05) is 97.6 Å². The van der Waals surface area contributed by atoms with Crippen molar-refractivity contribution in [3.63, 3.8) is 0 Å². The van der Waals surface area contributed by atoms with Crippen molar-refractivity contribution in [1.82, 2.24) is 44.8 Å². The third-order valence-electron chi connectivity index (χ3n) is 12.0. The van der Waals surface area contributed by atoms with Gasteiger partial charge in [-0.15, -0.1) is 0 Å². The number of carboxylic acid groups (broad SMARTS) is 1. The fourth-order valence-electron chi connectivity index (χ4n) is 8.20. The predicted molar refractivity (Wildman–Crippen MR) is 242 cm³/mol. The Hall–Kier alpha value is -6.98. The molecular formula is C44H50F2N12O8S. The highest BCUT2D eigenvalue weighted by molar-refractivity contribution is 7.90. The Labute approximate surface area is 384 Å². The summed E-state index contributed by atoms with van der Waals surface area (Å²) in [5.41, 5.74) is 1.59. The first-order valence-corrected chi connectivity index (χ1v) is 23.1. The van der Waals surface area contributed by atoms with Gasteiger partial charge >= 0.3 is 10.2 Å². The Kier molecular flexibility index (Phi) is 15.1. The number of pyridine rings is 2. The van der Waals surface area contributed by atoms with Crippen LogP contribution < -0.4 is 25.6 Å². The van der Waals surface area contributed by atoms with Gasteiger partial charge in [-0.1, -0.05) is 6.92 Å². The van der Waals surface area contributed by atoms with Crippen LogP contribution >= 0.6 is 0 Å². The average molecular weight is 945 g/mol. The molecule has 354 valence electrons. The van der Waals surface area contributed by atoms with Gasteiger partial charge < -0.3 is 25.6 Å². The van der Waals surface area contributed by atoms with Crippen molar-refractivity contribution in [2.75, 3.05) is 61.3 Å². The van der Waals surface area contributed by atoms with Gasteiger partial charge in [0.05, 0.1) is 29.7 Å². The van der Waals surface area contributed by atoms with E-state index in [9.17, 15) is 27.6 Å². The Bertz CT molecular complexity index is 2730. The summed E-state index contributed by atoms with van der Waals surface area (Å²) in [5, 5.41) is 15.9. The number of nitrogens with zero attached hydrogens (tertiary/aromatic N) is 7. The molecule has 0 radical (unpaired) electrons. The number of benzene rings is 1. The summed E-state index contributed by atoms with van der Waals surface area (Å²) < 4.78 is 58.7. The number of nitrogens with one attached hydrogen (secondary N) is 5. The normalized spacial score (nSPS) is 17.4. The van der Waals surface area contributed by atoms with Crippen LogP contribution in [0.4, 0.5) is 26.1 Å². The number of anilines is 3. The summed E-state index contributed by atoms with van der Waals surface area (Å²) in [4.78, 5) is 83.9. The molecule has 0 saturated carbocycles. The van der Waals surface area contributed by atoms with Crippen LogP contribution in [0.5, 0.6) is 0 Å². The molecule has 1 aromatic carbocycles. The number of carbonyl (C=O) groups excluding carboxylic acids is 4. The van der Waals surface area contributed by atoms with E-state index in [2.05, 4.69) is 50.5 Å². The van der Waals surface area contributed by atoms with Gasteiger partial charge in [0.1, 0.15) is 17.5 Å². The molecule has 6 N–H and O–H groups in total. The van der Waals surface area contributed by atoms with Crippen LogP contribution in [0.15, 0.2) is 61.3 Å². The van der Waals surface area contributed by atoms with Crippen molar-refractivity contribution in [3.05, 3.63) is 89.8 Å². The van der Waals surface area contributed by atoms with Crippen LogP contribution in [0, 0.1) is 11.6 Å². The van der Waals surface area contributed by atoms with Gasteiger partial charge in [0.2, 0.25) is 29.5 Å². The average Bonchev–Trinajstić information content (AvgIpc) is 3.75. The minimum absolute atomic E-state index is 0.0101. The largest absolute Gasteiger partial charge is 0.483 e. The first kappa shape index (κ1) is 48.0. The van der Waals surface area contributed by atoms with E-state index in [-0.39, 0.29) is 53.6 Å². The number of carbonyl (C=O) groups is 5. The lowest BCUT2D eigenvalue weighted by molar-refractivity contribution is -0.133. The number of aromatic nitrogens is 5. The van der Waals surface area contributed by atoms with Gasteiger partial charge in [0.25, 0.3) is 6.47 Å². The maximum Gasteiger partial charge on any atom is 0.301 e. The standard InChI is InChI=1S/C43H48F2N12O6S.CH2O2/c1-3-55(2)64(62,63)54-34-7-5-32(44)38(39(34)45)40(60)31-23-48-41-30(31)18-26(19-47-41)27-20-49-43(50-21-27)57-16-12-28(13-17-57)52-37(59)24-56-14-10-25(11-15-56)33-6-4-29(22-46-33)51-35-8-9-36(58)53-42(35)61;2-1-3/h4-7,18-23,25,28,35,51,54H,3,8-17,24H2,1-2H3,(H,47,48)(H,52,59)(H,53,58,61);1H,(H,2,3). The lowest BCUT2D eigenvalue weighted by Gasteiger charge is -2.34. The van der Waals surface area contributed by atoms with E-state index in [1.165, 1.54) is 13.2 Å². The molecule has 23 heteroatoms. The van der Waals surface area contributed by atoms with Crippen molar-refractivity contribution in [1.29, 1.82) is 0 Å². The Balaban J connectivity index is 0.00000216. The van der Waals surface area contributed by atoms with E-state index in [1.54, 1.807) is 37.8 Å². The molecule has 7 heterocycles. The van der Waals surface area contributed by atoms with E-state index in [0.717, 1.165) is 66.6 Å². The van der Waals surface area contributed by atoms with Crippen molar-refractivity contribution in [2.24, 2.45) is 0 Å². The summed E-state index contributed by atoms with van der Waals surface area (Å²) in [7, 11) is -2.86. The van der Waals surface area contributed by atoms with E-state index in [1.807, 2.05) is 17.0 Å². The molecule has 0 spiro atoms. The minimum atomic E-state index is -4.15.